The van der Waals surface area contributed by atoms with Gasteiger partial charge in [-0.2, -0.15) is 5.26 Å². The van der Waals surface area contributed by atoms with Crippen LogP contribution >= 0.6 is 0 Å². The van der Waals surface area contributed by atoms with E-state index < -0.39 is 0 Å². The third-order valence-electron chi connectivity index (χ3n) is 5.95. The zero-order valence-electron chi connectivity index (χ0n) is 20.6. The first-order valence-corrected chi connectivity index (χ1v) is 11.9. The number of amides is 2. The van der Waals surface area contributed by atoms with E-state index in [4.69, 9.17) is 20.0 Å². The van der Waals surface area contributed by atoms with Crippen molar-refractivity contribution in [3.8, 4) is 17.5 Å². The molecule has 0 radical (unpaired) electrons. The number of nitriles is 1. The molecule has 0 saturated carbocycles. The summed E-state index contributed by atoms with van der Waals surface area (Å²) in [6.45, 7) is 13.5. The first-order chi connectivity index (χ1) is 16.5. The molecule has 1 fully saturated rings. The lowest BCUT2D eigenvalue weighted by Gasteiger charge is -2.37. The molecular formula is C25H39N7O2. The molecule has 1 aromatic carbocycles. The summed E-state index contributed by atoms with van der Waals surface area (Å²) in [6.07, 6.45) is 0.970. The number of likely N-dealkylation sites (N-methyl/N-ethyl adjacent to an activating group) is 1. The van der Waals surface area contributed by atoms with Gasteiger partial charge in [0.25, 0.3) is 0 Å². The number of fused-ring (bicyclic) bond motifs is 1. The molecule has 34 heavy (non-hydrogen) atoms. The first-order valence-electron chi connectivity index (χ1n) is 11.9. The summed E-state index contributed by atoms with van der Waals surface area (Å²) >= 11 is 0. The number of benzene rings is 1. The molecule has 0 bridgehead atoms. The van der Waals surface area contributed by atoms with Crippen molar-refractivity contribution < 1.29 is 12.4 Å². The lowest BCUT2D eigenvalue weighted by atomic mass is 10.0. The van der Waals surface area contributed by atoms with Gasteiger partial charge in [0.05, 0.1) is 31.0 Å². The summed E-state index contributed by atoms with van der Waals surface area (Å²) in [5.41, 5.74) is 4.08. The third-order valence-corrected chi connectivity index (χ3v) is 5.95. The van der Waals surface area contributed by atoms with Gasteiger partial charge >= 0.3 is 6.03 Å². The number of anilines is 2. The molecule has 0 unspecified atom stereocenters. The molecule has 2 N–H and O–H groups in total. The number of morpholine rings is 1. The Hall–Kier alpha value is -3.22. The van der Waals surface area contributed by atoms with Crippen molar-refractivity contribution >= 4 is 17.5 Å². The van der Waals surface area contributed by atoms with E-state index in [-0.39, 0.29) is 14.9 Å². The standard InChI is InChI=1S/C23H32N6O2.C2H3N.2H2/c1-4-24-23(30)25-18-8-6-17(7-9-18)21-26-20-14-28(5-2)11-10-19(20)22(27-21)29-12-13-31-15-16(29)3;1-2-3;;/h6-9,16H,4-5,10-15H2,1-3H3,(H2,24,25,30);1H3;2*1H/t16-;;;/m0.../s1. The van der Waals surface area contributed by atoms with Crippen molar-refractivity contribution in [2.45, 2.75) is 46.7 Å². The van der Waals surface area contributed by atoms with Crippen molar-refractivity contribution in [3.05, 3.63) is 35.5 Å². The molecule has 2 aliphatic heterocycles. The molecule has 2 amide bonds. The summed E-state index contributed by atoms with van der Waals surface area (Å²) in [5.74, 6) is 1.78. The van der Waals surface area contributed by atoms with Gasteiger partial charge in [-0.25, -0.2) is 14.8 Å². The quantitative estimate of drug-likeness (QED) is 0.684. The van der Waals surface area contributed by atoms with Crippen LogP contribution in [0, 0.1) is 11.3 Å². The largest absolute Gasteiger partial charge is 0.377 e. The summed E-state index contributed by atoms with van der Waals surface area (Å²) in [4.78, 5) is 26.6. The van der Waals surface area contributed by atoms with Crippen LogP contribution in [0.25, 0.3) is 11.4 Å². The lowest BCUT2D eigenvalue weighted by molar-refractivity contribution is 0.0983. The van der Waals surface area contributed by atoms with E-state index in [2.05, 4.69) is 34.3 Å². The van der Waals surface area contributed by atoms with Gasteiger partial charge in [0.15, 0.2) is 5.82 Å². The maximum Gasteiger partial charge on any atom is 0.319 e. The van der Waals surface area contributed by atoms with Crippen LogP contribution < -0.4 is 15.5 Å². The molecule has 3 heterocycles. The lowest BCUT2D eigenvalue weighted by Crippen LogP contribution is -2.45. The zero-order chi connectivity index (χ0) is 24.5. The van der Waals surface area contributed by atoms with E-state index in [0.29, 0.717) is 6.54 Å². The van der Waals surface area contributed by atoms with Crippen molar-refractivity contribution in [1.29, 1.82) is 5.26 Å². The average molecular weight is 470 g/mol. The summed E-state index contributed by atoms with van der Waals surface area (Å²) in [5, 5.41) is 12.9. The van der Waals surface area contributed by atoms with Gasteiger partial charge in [-0.05, 0) is 51.1 Å². The van der Waals surface area contributed by atoms with Crippen LogP contribution in [0.2, 0.25) is 0 Å². The van der Waals surface area contributed by atoms with Gasteiger partial charge in [-0.1, -0.05) is 6.92 Å². The second kappa shape index (κ2) is 12.3. The fourth-order valence-corrected chi connectivity index (χ4v) is 4.18. The number of carbonyl (C=O) groups excluding carboxylic acids is 1. The highest BCUT2D eigenvalue weighted by atomic mass is 16.5. The minimum absolute atomic E-state index is 0. The fourth-order valence-electron chi connectivity index (χ4n) is 4.18. The Morgan fingerprint density at radius 2 is 2.00 bits per heavy atom. The molecule has 1 saturated heterocycles. The number of ether oxygens (including phenoxy) is 1. The molecular weight excluding hydrogens is 430 g/mol. The summed E-state index contributed by atoms with van der Waals surface area (Å²) < 4.78 is 5.66. The Balaban J connectivity index is 0.00000123. The maximum absolute atomic E-state index is 11.8. The van der Waals surface area contributed by atoms with Crippen LogP contribution in [0.1, 0.15) is 41.8 Å². The van der Waals surface area contributed by atoms with Crippen LogP contribution in [-0.2, 0) is 17.7 Å². The Morgan fingerprint density at radius 1 is 1.26 bits per heavy atom. The highest BCUT2D eigenvalue weighted by molar-refractivity contribution is 5.89. The number of carbonyl (C=O) groups is 1. The van der Waals surface area contributed by atoms with Gasteiger partial charge in [-0.3, -0.25) is 4.90 Å². The fraction of sp³-hybridized carbons (Fsp3) is 0.520. The molecule has 9 nitrogen and oxygen atoms in total. The number of rotatable bonds is 5. The summed E-state index contributed by atoms with van der Waals surface area (Å²) in [7, 11) is 0. The van der Waals surface area contributed by atoms with Crippen molar-refractivity contribution in [1.82, 2.24) is 20.2 Å². The predicted octanol–water partition coefficient (Wildman–Crippen LogP) is 3.91. The van der Waals surface area contributed by atoms with Crippen molar-refractivity contribution in [2.24, 2.45) is 0 Å². The number of hydrogen-bond acceptors (Lipinski definition) is 7. The Bertz CT molecular complexity index is 1010. The molecule has 1 aromatic heterocycles. The molecule has 0 aliphatic carbocycles. The molecule has 4 rings (SSSR count). The molecule has 0 spiro atoms. The van der Waals surface area contributed by atoms with Crippen LogP contribution in [0.3, 0.4) is 0 Å². The number of urea groups is 1. The molecule has 2 aromatic rings. The van der Waals surface area contributed by atoms with Gasteiger partial charge in [0.1, 0.15) is 5.82 Å². The van der Waals surface area contributed by atoms with E-state index in [9.17, 15) is 4.79 Å². The highest BCUT2D eigenvalue weighted by Gasteiger charge is 2.28. The van der Waals surface area contributed by atoms with Crippen molar-refractivity contribution in [3.63, 3.8) is 0 Å². The molecule has 2 aliphatic rings. The van der Waals surface area contributed by atoms with Crippen LogP contribution in [0.15, 0.2) is 24.3 Å². The number of hydrogen-bond donors (Lipinski definition) is 2. The van der Waals surface area contributed by atoms with Gasteiger partial charge in [0, 0.05) is 52.8 Å². The van der Waals surface area contributed by atoms with Crippen LogP contribution in [-0.4, -0.2) is 66.3 Å². The van der Waals surface area contributed by atoms with E-state index in [0.717, 1.165) is 74.4 Å². The monoisotopic (exact) mass is 469 g/mol. The van der Waals surface area contributed by atoms with E-state index in [1.807, 2.05) is 31.2 Å². The average Bonchev–Trinajstić information content (AvgIpc) is 2.84. The Morgan fingerprint density at radius 3 is 2.65 bits per heavy atom. The van der Waals surface area contributed by atoms with Crippen LogP contribution in [0.5, 0.6) is 0 Å². The predicted molar refractivity (Wildman–Crippen MR) is 138 cm³/mol. The number of aromatic nitrogens is 2. The highest BCUT2D eigenvalue weighted by Crippen LogP contribution is 2.31. The van der Waals surface area contributed by atoms with E-state index in [1.165, 1.54) is 12.5 Å². The minimum atomic E-state index is -0.205. The topological polar surface area (TPSA) is 106 Å². The normalized spacial score (nSPS) is 17.6. The Labute approximate surface area is 205 Å². The molecule has 9 heteroatoms. The van der Waals surface area contributed by atoms with Gasteiger partial charge < -0.3 is 20.3 Å². The Kier molecular flexibility index (Phi) is 9.19. The van der Waals surface area contributed by atoms with E-state index >= 15 is 0 Å². The molecule has 1 atom stereocenters. The first kappa shape index (κ1) is 25.4. The second-order valence-electron chi connectivity index (χ2n) is 8.32. The molecule has 186 valence electrons. The zero-order valence-corrected chi connectivity index (χ0v) is 20.6. The SMILES string of the molecule is CC#N.CCNC(=O)Nc1ccc(-c2nc3c(c(N4CCOC[C@@H]4C)n2)CCN(CC)C3)cc1.[HH].[HH]. The summed E-state index contributed by atoms with van der Waals surface area (Å²) in [6, 6.07) is 9.55. The number of nitrogens with one attached hydrogen (secondary N) is 2. The van der Waals surface area contributed by atoms with Gasteiger partial charge in [0.2, 0.25) is 0 Å². The van der Waals surface area contributed by atoms with Gasteiger partial charge in [-0.15, -0.1) is 0 Å². The van der Waals surface area contributed by atoms with Crippen LogP contribution in [0.4, 0.5) is 16.3 Å². The number of nitrogens with zero attached hydrogens (tertiary/aromatic N) is 5. The third kappa shape index (κ3) is 6.22. The smallest absolute Gasteiger partial charge is 0.319 e. The second-order valence-corrected chi connectivity index (χ2v) is 8.32. The minimum Gasteiger partial charge on any atom is -0.377 e. The van der Waals surface area contributed by atoms with E-state index in [1.54, 1.807) is 6.07 Å². The maximum atomic E-state index is 11.8. The van der Waals surface area contributed by atoms with Crippen molar-refractivity contribution in [2.75, 3.05) is 49.6 Å².